The van der Waals surface area contributed by atoms with Crippen molar-refractivity contribution in [1.29, 1.82) is 0 Å². The van der Waals surface area contributed by atoms with Crippen molar-refractivity contribution in [3.63, 3.8) is 0 Å². The van der Waals surface area contributed by atoms with Gasteiger partial charge in [-0.1, -0.05) is 30.3 Å². The largest absolute Gasteiger partial charge is 0.393 e. The van der Waals surface area contributed by atoms with Crippen LogP contribution in [0.1, 0.15) is 46.4 Å². The molecule has 5 heteroatoms. The molecule has 2 aromatic rings. The molecule has 0 radical (unpaired) electrons. The number of likely N-dealkylation sites (tertiary alicyclic amines) is 1. The van der Waals surface area contributed by atoms with Crippen molar-refractivity contribution >= 4 is 17.2 Å². The highest BCUT2D eigenvalue weighted by Gasteiger charge is 2.31. The molecule has 1 aromatic carbocycles. The second-order valence-electron chi connectivity index (χ2n) is 6.16. The fraction of sp³-hybridized carbons (Fsp3) is 0.444. The number of hydrogen-bond acceptors (Lipinski definition) is 4. The highest BCUT2D eigenvalue weighted by atomic mass is 32.1. The molecular formula is C18H22N2O2S. The number of aromatic nitrogens is 1. The van der Waals surface area contributed by atoms with E-state index in [0.29, 0.717) is 11.3 Å². The van der Waals surface area contributed by atoms with Gasteiger partial charge in [0.25, 0.3) is 5.91 Å². The Hall–Kier alpha value is -1.72. The predicted octanol–water partition coefficient (Wildman–Crippen LogP) is 3.11. The quantitative estimate of drug-likeness (QED) is 0.916. The van der Waals surface area contributed by atoms with Gasteiger partial charge in [0.1, 0.15) is 4.88 Å². The van der Waals surface area contributed by atoms with Gasteiger partial charge >= 0.3 is 0 Å². The molecule has 23 heavy (non-hydrogen) atoms. The molecule has 0 saturated carbocycles. The molecule has 3 rings (SSSR count). The summed E-state index contributed by atoms with van der Waals surface area (Å²) in [6.45, 7) is 2.56. The minimum atomic E-state index is -0.372. The summed E-state index contributed by atoms with van der Waals surface area (Å²) >= 11 is 1.48. The summed E-state index contributed by atoms with van der Waals surface area (Å²) in [5.41, 5.74) is 1.20. The van der Waals surface area contributed by atoms with Gasteiger partial charge in [0.2, 0.25) is 0 Å². The molecule has 1 amide bonds. The molecule has 0 aliphatic carbocycles. The van der Waals surface area contributed by atoms with Crippen LogP contribution in [0.15, 0.2) is 36.5 Å². The van der Waals surface area contributed by atoms with Gasteiger partial charge in [-0.25, -0.2) is 4.98 Å². The van der Waals surface area contributed by atoms with Crippen molar-refractivity contribution in [2.24, 2.45) is 0 Å². The third kappa shape index (κ3) is 3.98. The Morgan fingerprint density at radius 1 is 1.43 bits per heavy atom. The molecule has 2 unspecified atom stereocenters. The minimum Gasteiger partial charge on any atom is -0.393 e. The van der Waals surface area contributed by atoms with E-state index in [9.17, 15) is 9.90 Å². The van der Waals surface area contributed by atoms with Crippen molar-refractivity contribution in [3.05, 3.63) is 52.0 Å². The first kappa shape index (κ1) is 16.1. The molecule has 2 heterocycles. The number of aliphatic hydroxyl groups excluding tert-OH is 1. The lowest BCUT2D eigenvalue weighted by atomic mass is 10.1. The van der Waals surface area contributed by atoms with Crippen molar-refractivity contribution in [2.45, 2.75) is 44.8 Å². The van der Waals surface area contributed by atoms with E-state index in [-0.39, 0.29) is 18.1 Å². The highest BCUT2D eigenvalue weighted by Crippen LogP contribution is 2.26. The SMILES string of the molecule is CC(O)CC1CCCN1C(=O)c1cnc(Cc2ccccc2)s1. The summed E-state index contributed by atoms with van der Waals surface area (Å²) in [7, 11) is 0. The number of benzene rings is 1. The lowest BCUT2D eigenvalue weighted by molar-refractivity contribution is 0.0686. The minimum absolute atomic E-state index is 0.0601. The van der Waals surface area contributed by atoms with Crippen LogP contribution in [-0.4, -0.2) is 39.6 Å². The molecule has 1 aliphatic heterocycles. The van der Waals surface area contributed by atoms with Crippen molar-refractivity contribution in [3.8, 4) is 0 Å². The average molecular weight is 330 g/mol. The second-order valence-corrected chi connectivity index (χ2v) is 7.28. The Bertz CT molecular complexity index is 654. The lowest BCUT2D eigenvalue weighted by Gasteiger charge is -2.25. The Kier molecular flexibility index (Phi) is 5.08. The van der Waals surface area contributed by atoms with Gasteiger partial charge in [-0.05, 0) is 31.7 Å². The zero-order valence-electron chi connectivity index (χ0n) is 13.3. The Labute approximate surface area is 140 Å². The van der Waals surface area contributed by atoms with Crippen LogP contribution in [0, 0.1) is 0 Å². The zero-order chi connectivity index (χ0) is 16.2. The van der Waals surface area contributed by atoms with Crippen LogP contribution in [0.25, 0.3) is 0 Å². The smallest absolute Gasteiger partial charge is 0.265 e. The summed E-state index contributed by atoms with van der Waals surface area (Å²) in [5.74, 6) is 0.0601. The van der Waals surface area contributed by atoms with E-state index in [0.717, 1.165) is 30.8 Å². The molecule has 1 fully saturated rings. The van der Waals surface area contributed by atoms with E-state index in [2.05, 4.69) is 17.1 Å². The molecule has 0 bridgehead atoms. The molecule has 4 nitrogen and oxygen atoms in total. The highest BCUT2D eigenvalue weighted by molar-refractivity contribution is 7.13. The normalized spacial score (nSPS) is 19.0. The maximum atomic E-state index is 12.7. The zero-order valence-corrected chi connectivity index (χ0v) is 14.1. The molecule has 1 N–H and O–H groups in total. The van der Waals surface area contributed by atoms with Crippen LogP contribution in [0.2, 0.25) is 0 Å². The van der Waals surface area contributed by atoms with Gasteiger partial charge in [0, 0.05) is 19.0 Å². The van der Waals surface area contributed by atoms with Crippen LogP contribution in [0.5, 0.6) is 0 Å². The van der Waals surface area contributed by atoms with E-state index in [4.69, 9.17) is 0 Å². The molecule has 122 valence electrons. The first-order valence-electron chi connectivity index (χ1n) is 8.11. The lowest BCUT2D eigenvalue weighted by Crippen LogP contribution is -2.36. The number of amides is 1. The number of hydrogen-bond donors (Lipinski definition) is 1. The fourth-order valence-electron chi connectivity index (χ4n) is 3.14. The van der Waals surface area contributed by atoms with Crippen molar-refractivity contribution in [1.82, 2.24) is 9.88 Å². The molecule has 1 aromatic heterocycles. The number of aliphatic hydroxyl groups is 1. The number of carbonyl (C=O) groups excluding carboxylic acids is 1. The van der Waals surface area contributed by atoms with E-state index in [1.54, 1.807) is 13.1 Å². The molecule has 1 aliphatic rings. The molecular weight excluding hydrogens is 308 g/mol. The Morgan fingerprint density at radius 2 is 2.22 bits per heavy atom. The van der Waals surface area contributed by atoms with Crippen LogP contribution in [-0.2, 0) is 6.42 Å². The molecule has 0 spiro atoms. The van der Waals surface area contributed by atoms with E-state index in [1.807, 2.05) is 23.1 Å². The van der Waals surface area contributed by atoms with Crippen LogP contribution >= 0.6 is 11.3 Å². The van der Waals surface area contributed by atoms with Crippen LogP contribution in [0.4, 0.5) is 0 Å². The number of nitrogens with zero attached hydrogens (tertiary/aromatic N) is 2. The summed E-state index contributed by atoms with van der Waals surface area (Å²) in [6, 6.07) is 10.3. The molecule has 1 saturated heterocycles. The third-order valence-electron chi connectivity index (χ3n) is 4.21. The maximum Gasteiger partial charge on any atom is 0.265 e. The standard InChI is InChI=1S/C18H22N2O2S/c1-13(21)10-15-8-5-9-20(15)18(22)16-12-19-17(23-16)11-14-6-3-2-4-7-14/h2-4,6-7,12-13,15,21H,5,8-11H2,1H3. The Morgan fingerprint density at radius 3 is 2.96 bits per heavy atom. The second kappa shape index (κ2) is 7.23. The first-order chi connectivity index (χ1) is 11.1. The van der Waals surface area contributed by atoms with Crippen molar-refractivity contribution < 1.29 is 9.90 Å². The first-order valence-corrected chi connectivity index (χ1v) is 8.93. The summed E-state index contributed by atoms with van der Waals surface area (Å²) in [4.78, 5) is 19.7. The van der Waals surface area contributed by atoms with Crippen LogP contribution < -0.4 is 0 Å². The third-order valence-corrected chi connectivity index (χ3v) is 5.20. The molecule has 2 atom stereocenters. The summed E-state index contributed by atoms with van der Waals surface area (Å²) < 4.78 is 0. The number of carbonyl (C=O) groups is 1. The number of thiazole rings is 1. The van der Waals surface area contributed by atoms with Gasteiger partial charge in [-0.15, -0.1) is 11.3 Å². The van der Waals surface area contributed by atoms with Gasteiger partial charge in [0.15, 0.2) is 0 Å². The van der Waals surface area contributed by atoms with Gasteiger partial charge in [0.05, 0.1) is 17.3 Å². The van der Waals surface area contributed by atoms with Gasteiger partial charge < -0.3 is 10.0 Å². The summed E-state index contributed by atoms with van der Waals surface area (Å²) in [6.07, 6.45) is 4.73. The topological polar surface area (TPSA) is 53.4 Å². The van der Waals surface area contributed by atoms with Gasteiger partial charge in [-0.3, -0.25) is 4.79 Å². The monoisotopic (exact) mass is 330 g/mol. The van der Waals surface area contributed by atoms with E-state index < -0.39 is 0 Å². The summed E-state index contributed by atoms with van der Waals surface area (Å²) in [5, 5.41) is 10.6. The Balaban J connectivity index is 1.68. The van der Waals surface area contributed by atoms with Crippen molar-refractivity contribution in [2.75, 3.05) is 6.54 Å². The maximum absolute atomic E-state index is 12.7. The number of rotatable bonds is 5. The van der Waals surface area contributed by atoms with Crippen LogP contribution in [0.3, 0.4) is 0 Å². The average Bonchev–Trinajstić information content (AvgIpc) is 3.17. The predicted molar refractivity (Wildman–Crippen MR) is 91.7 cm³/mol. The van der Waals surface area contributed by atoms with E-state index >= 15 is 0 Å². The van der Waals surface area contributed by atoms with E-state index in [1.165, 1.54) is 16.9 Å². The van der Waals surface area contributed by atoms with Gasteiger partial charge in [-0.2, -0.15) is 0 Å². The fourth-order valence-corrected chi connectivity index (χ4v) is 4.05.